The van der Waals surface area contributed by atoms with Gasteiger partial charge in [-0.2, -0.15) is 0 Å². The number of carboxylic acids is 1. The zero-order valence-corrected chi connectivity index (χ0v) is 12.0. The molecule has 0 heterocycles. The number of rotatable bonds is 6. The van der Waals surface area contributed by atoms with E-state index >= 15 is 0 Å². The minimum Gasteiger partial charge on any atom is -0.481 e. The summed E-state index contributed by atoms with van der Waals surface area (Å²) in [5.41, 5.74) is 0.840. The number of carboxylic acid groups (broad SMARTS) is 1. The van der Waals surface area contributed by atoms with E-state index in [0.29, 0.717) is 16.5 Å². The lowest BCUT2D eigenvalue weighted by molar-refractivity contribution is -0.137. The highest BCUT2D eigenvalue weighted by atomic mass is 35.5. The fourth-order valence-corrected chi connectivity index (χ4v) is 2.06. The zero-order chi connectivity index (χ0) is 14.4. The number of hydrogen-bond acceptors (Lipinski definition) is 2. The van der Waals surface area contributed by atoms with Crippen LogP contribution in [0.5, 0.6) is 0 Å². The van der Waals surface area contributed by atoms with Crippen LogP contribution < -0.4 is 5.32 Å². The minimum atomic E-state index is -0.936. The van der Waals surface area contributed by atoms with Crippen LogP contribution in [0.3, 0.4) is 0 Å². The second kappa shape index (κ2) is 7.36. The summed E-state index contributed by atoms with van der Waals surface area (Å²) in [7, 11) is 0. The lowest BCUT2D eigenvalue weighted by Crippen LogP contribution is -2.32. The molecule has 1 rings (SSSR count). The maximum atomic E-state index is 11.7. The molecule has 19 heavy (non-hydrogen) atoms. The fraction of sp³-hybridized carbons (Fsp3) is 0.385. The van der Waals surface area contributed by atoms with E-state index in [1.165, 1.54) is 0 Å². The van der Waals surface area contributed by atoms with Gasteiger partial charge in [0.25, 0.3) is 0 Å². The number of hydrogen-bond donors (Lipinski definition) is 2. The predicted molar refractivity (Wildman–Crippen MR) is 74.6 cm³/mol. The predicted octanol–water partition coefficient (Wildman–Crippen LogP) is 2.76. The van der Waals surface area contributed by atoms with E-state index in [1.54, 1.807) is 25.1 Å². The topological polar surface area (TPSA) is 66.4 Å². The van der Waals surface area contributed by atoms with Gasteiger partial charge in [0.1, 0.15) is 0 Å². The van der Waals surface area contributed by atoms with Gasteiger partial charge in [0.05, 0.1) is 6.42 Å². The van der Waals surface area contributed by atoms with Crippen molar-refractivity contribution in [2.75, 3.05) is 6.54 Å². The van der Waals surface area contributed by atoms with E-state index < -0.39 is 5.97 Å². The molecule has 2 N–H and O–H groups in total. The molecule has 104 valence electrons. The maximum absolute atomic E-state index is 11.7. The first-order valence-corrected chi connectivity index (χ1v) is 6.59. The third-order valence-corrected chi connectivity index (χ3v) is 3.21. The van der Waals surface area contributed by atoms with Gasteiger partial charge >= 0.3 is 5.97 Å². The van der Waals surface area contributed by atoms with Crippen molar-refractivity contribution < 1.29 is 14.7 Å². The van der Waals surface area contributed by atoms with Gasteiger partial charge < -0.3 is 10.4 Å². The van der Waals surface area contributed by atoms with Crippen LogP contribution in [0.25, 0.3) is 0 Å². The molecule has 0 fully saturated rings. The molecule has 0 saturated carbocycles. The first-order valence-electron chi connectivity index (χ1n) is 5.83. The fourth-order valence-electron chi connectivity index (χ4n) is 1.58. The maximum Gasteiger partial charge on any atom is 0.305 e. The number of carbonyl (C=O) groups excluding carboxylic acids is 1. The van der Waals surface area contributed by atoms with Crippen LogP contribution in [0.2, 0.25) is 10.0 Å². The zero-order valence-electron chi connectivity index (χ0n) is 10.5. The molecule has 0 aliphatic carbocycles. The summed E-state index contributed by atoms with van der Waals surface area (Å²) in [6.45, 7) is 1.90. The molecule has 1 aromatic carbocycles. The highest BCUT2D eigenvalue weighted by Crippen LogP contribution is 2.23. The molecular formula is C13H15Cl2NO3. The monoisotopic (exact) mass is 303 g/mol. The van der Waals surface area contributed by atoms with Crippen molar-refractivity contribution in [2.45, 2.75) is 19.8 Å². The van der Waals surface area contributed by atoms with E-state index in [2.05, 4.69) is 5.32 Å². The summed E-state index contributed by atoms with van der Waals surface area (Å²) in [6, 6.07) is 5.14. The molecule has 1 amide bonds. The van der Waals surface area contributed by atoms with Gasteiger partial charge in [-0.3, -0.25) is 9.59 Å². The normalized spacial score (nSPS) is 11.9. The Kier molecular flexibility index (Phi) is 6.12. The van der Waals surface area contributed by atoms with Crippen molar-refractivity contribution in [3.63, 3.8) is 0 Å². The largest absolute Gasteiger partial charge is 0.481 e. The van der Waals surface area contributed by atoms with Gasteiger partial charge in [-0.1, -0.05) is 36.2 Å². The number of benzene rings is 1. The molecule has 0 aliphatic heterocycles. The smallest absolute Gasteiger partial charge is 0.305 e. The molecule has 0 bridgehead atoms. The first kappa shape index (κ1) is 15.8. The van der Waals surface area contributed by atoms with E-state index in [0.717, 1.165) is 5.56 Å². The number of aliphatic carboxylic acids is 1. The van der Waals surface area contributed by atoms with Crippen molar-refractivity contribution in [2.24, 2.45) is 5.92 Å². The Bertz CT molecular complexity index is 477. The molecule has 0 unspecified atom stereocenters. The Morgan fingerprint density at radius 2 is 2.05 bits per heavy atom. The van der Waals surface area contributed by atoms with Crippen molar-refractivity contribution >= 4 is 35.1 Å². The molecule has 6 heteroatoms. The quantitative estimate of drug-likeness (QED) is 0.849. The minimum absolute atomic E-state index is 0.0832. The number of amides is 1. The molecule has 0 aliphatic rings. The van der Waals surface area contributed by atoms with Crippen molar-refractivity contribution in [1.82, 2.24) is 5.32 Å². The molecule has 1 aromatic rings. The van der Waals surface area contributed by atoms with E-state index in [-0.39, 0.29) is 24.8 Å². The summed E-state index contributed by atoms with van der Waals surface area (Å²) in [4.78, 5) is 22.1. The number of nitrogens with one attached hydrogen (secondary N) is 1. The third kappa shape index (κ3) is 5.49. The summed E-state index contributed by atoms with van der Waals surface area (Å²) >= 11 is 11.8. The lowest BCUT2D eigenvalue weighted by Gasteiger charge is -2.12. The Morgan fingerprint density at radius 3 is 2.63 bits per heavy atom. The molecule has 4 nitrogen and oxygen atoms in total. The first-order chi connectivity index (χ1) is 8.90. The van der Waals surface area contributed by atoms with Gasteiger partial charge in [0, 0.05) is 22.5 Å². The Labute approximate surface area is 121 Å². The standard InChI is InChI=1S/C13H15Cl2NO3/c1-8(13(19)16-5-4-12(17)18)6-9-2-3-10(14)7-11(9)15/h2-3,7-8H,4-6H2,1H3,(H,16,19)(H,17,18)/t8-/m1/s1. The third-order valence-electron chi connectivity index (χ3n) is 2.63. The second-order valence-electron chi connectivity index (χ2n) is 4.28. The molecular weight excluding hydrogens is 289 g/mol. The van der Waals surface area contributed by atoms with E-state index in [9.17, 15) is 9.59 Å². The molecule has 0 aromatic heterocycles. The van der Waals surface area contributed by atoms with Gasteiger partial charge in [-0.05, 0) is 24.1 Å². The summed E-state index contributed by atoms with van der Waals surface area (Å²) < 4.78 is 0. The lowest BCUT2D eigenvalue weighted by atomic mass is 10.0. The average molecular weight is 304 g/mol. The van der Waals surface area contributed by atoms with Crippen LogP contribution in [0.15, 0.2) is 18.2 Å². The molecule has 1 atom stereocenters. The van der Waals surface area contributed by atoms with Crippen LogP contribution in [-0.4, -0.2) is 23.5 Å². The summed E-state index contributed by atoms with van der Waals surface area (Å²) in [5.74, 6) is -1.41. The van der Waals surface area contributed by atoms with Crippen molar-refractivity contribution in [3.05, 3.63) is 33.8 Å². The van der Waals surface area contributed by atoms with E-state index in [1.807, 2.05) is 0 Å². The van der Waals surface area contributed by atoms with Crippen molar-refractivity contribution in [1.29, 1.82) is 0 Å². The highest BCUT2D eigenvalue weighted by molar-refractivity contribution is 6.35. The molecule has 0 saturated heterocycles. The average Bonchev–Trinajstić information content (AvgIpc) is 2.32. The van der Waals surface area contributed by atoms with Crippen LogP contribution in [0.1, 0.15) is 18.9 Å². The van der Waals surface area contributed by atoms with Crippen LogP contribution in [-0.2, 0) is 16.0 Å². The summed E-state index contributed by atoms with van der Waals surface area (Å²) in [5, 5.41) is 12.1. The Hall–Kier alpha value is -1.26. The van der Waals surface area contributed by atoms with Gasteiger partial charge in [-0.25, -0.2) is 0 Å². The summed E-state index contributed by atoms with van der Waals surface area (Å²) in [6.07, 6.45) is 0.398. The Morgan fingerprint density at radius 1 is 1.37 bits per heavy atom. The molecule has 0 spiro atoms. The van der Waals surface area contributed by atoms with Crippen LogP contribution >= 0.6 is 23.2 Å². The van der Waals surface area contributed by atoms with Gasteiger partial charge in [0.15, 0.2) is 0 Å². The molecule has 0 radical (unpaired) electrons. The number of carbonyl (C=O) groups is 2. The highest BCUT2D eigenvalue weighted by Gasteiger charge is 2.15. The van der Waals surface area contributed by atoms with E-state index in [4.69, 9.17) is 28.3 Å². The van der Waals surface area contributed by atoms with Crippen molar-refractivity contribution in [3.8, 4) is 0 Å². The van der Waals surface area contributed by atoms with Gasteiger partial charge in [0.2, 0.25) is 5.91 Å². The second-order valence-corrected chi connectivity index (χ2v) is 5.12. The SMILES string of the molecule is C[C@H](Cc1ccc(Cl)cc1Cl)C(=O)NCCC(=O)O. The Balaban J connectivity index is 2.51. The van der Waals surface area contributed by atoms with Gasteiger partial charge in [-0.15, -0.1) is 0 Å². The van der Waals surface area contributed by atoms with Crippen LogP contribution in [0.4, 0.5) is 0 Å². The van der Waals surface area contributed by atoms with Crippen LogP contribution in [0, 0.1) is 5.92 Å². The number of halogens is 2.